The lowest BCUT2D eigenvalue weighted by molar-refractivity contribution is 0.281. The van der Waals surface area contributed by atoms with E-state index >= 15 is 0 Å². The number of hydrogen-bond acceptors (Lipinski definition) is 4. The summed E-state index contributed by atoms with van der Waals surface area (Å²) in [5, 5.41) is 14.1. The van der Waals surface area contributed by atoms with Gasteiger partial charge in [0, 0.05) is 10.6 Å². The lowest BCUT2D eigenvalue weighted by Gasteiger charge is -2.00. The summed E-state index contributed by atoms with van der Waals surface area (Å²) in [6.07, 6.45) is 1.54. The van der Waals surface area contributed by atoms with Gasteiger partial charge < -0.3 is 14.0 Å². The third kappa shape index (κ3) is 2.16. The minimum Gasteiger partial charge on any atom is -0.461 e. The van der Waals surface area contributed by atoms with Crippen molar-refractivity contribution in [1.82, 2.24) is 5.16 Å². The normalized spacial score (nSPS) is 10.8. The van der Waals surface area contributed by atoms with Gasteiger partial charge in [-0.2, -0.15) is 0 Å². The van der Waals surface area contributed by atoms with Crippen molar-refractivity contribution in [3.8, 4) is 22.8 Å². The number of aromatic nitrogens is 1. The van der Waals surface area contributed by atoms with Gasteiger partial charge in [0.05, 0.1) is 18.4 Å². The predicted octanol–water partition coefficient (Wildman–Crippen LogP) is 3.75. The SMILES string of the molecule is OCc1c(-c2cccc(Cl)c2)noc1-c1ccco1. The molecule has 0 amide bonds. The molecule has 0 radical (unpaired) electrons. The summed E-state index contributed by atoms with van der Waals surface area (Å²) >= 11 is 5.96. The molecule has 3 rings (SSSR count). The van der Waals surface area contributed by atoms with Crippen molar-refractivity contribution in [2.45, 2.75) is 6.61 Å². The second-order valence-electron chi connectivity index (χ2n) is 3.98. The van der Waals surface area contributed by atoms with Crippen molar-refractivity contribution in [3.63, 3.8) is 0 Å². The largest absolute Gasteiger partial charge is 0.461 e. The van der Waals surface area contributed by atoms with Crippen molar-refractivity contribution in [1.29, 1.82) is 0 Å². The second-order valence-corrected chi connectivity index (χ2v) is 4.42. The minimum absolute atomic E-state index is 0.193. The fourth-order valence-corrected chi connectivity index (χ4v) is 2.11. The van der Waals surface area contributed by atoms with Gasteiger partial charge in [-0.05, 0) is 24.3 Å². The molecule has 0 fully saturated rings. The summed E-state index contributed by atoms with van der Waals surface area (Å²) in [6, 6.07) is 10.7. The maximum Gasteiger partial charge on any atom is 0.208 e. The van der Waals surface area contributed by atoms with E-state index in [9.17, 15) is 5.11 Å². The zero-order chi connectivity index (χ0) is 13.2. The van der Waals surface area contributed by atoms with Crippen LogP contribution in [0.1, 0.15) is 5.56 Å². The van der Waals surface area contributed by atoms with E-state index in [-0.39, 0.29) is 6.61 Å². The van der Waals surface area contributed by atoms with Crippen molar-refractivity contribution >= 4 is 11.6 Å². The molecule has 0 aliphatic carbocycles. The Morgan fingerprint density at radius 3 is 2.79 bits per heavy atom. The van der Waals surface area contributed by atoms with Gasteiger partial charge >= 0.3 is 0 Å². The Labute approximate surface area is 114 Å². The summed E-state index contributed by atoms with van der Waals surface area (Å²) in [5.74, 6) is 0.965. The van der Waals surface area contributed by atoms with Crippen LogP contribution in [0.2, 0.25) is 5.02 Å². The molecular weight excluding hydrogens is 266 g/mol. The molecule has 1 N–H and O–H groups in total. The Hall–Kier alpha value is -2.04. The average molecular weight is 276 g/mol. The van der Waals surface area contributed by atoms with Crippen LogP contribution in [0.4, 0.5) is 0 Å². The highest BCUT2D eigenvalue weighted by Crippen LogP contribution is 2.33. The lowest BCUT2D eigenvalue weighted by atomic mass is 10.1. The number of hydrogen-bond donors (Lipinski definition) is 1. The van der Waals surface area contributed by atoms with E-state index in [0.29, 0.717) is 27.8 Å². The van der Waals surface area contributed by atoms with Gasteiger partial charge in [-0.25, -0.2) is 0 Å². The summed E-state index contributed by atoms with van der Waals surface area (Å²) < 4.78 is 10.5. The van der Waals surface area contributed by atoms with Crippen LogP contribution >= 0.6 is 11.6 Å². The lowest BCUT2D eigenvalue weighted by Crippen LogP contribution is -1.88. The van der Waals surface area contributed by atoms with E-state index in [1.54, 1.807) is 24.3 Å². The molecule has 2 heterocycles. The van der Waals surface area contributed by atoms with Gasteiger partial charge in [-0.3, -0.25) is 0 Å². The first-order valence-electron chi connectivity index (χ1n) is 5.69. The summed E-state index contributed by atoms with van der Waals surface area (Å²) in [5.41, 5.74) is 1.94. The third-order valence-corrected chi connectivity index (χ3v) is 3.02. The Kier molecular flexibility index (Phi) is 3.11. The number of furan rings is 1. The molecule has 0 atom stereocenters. The van der Waals surface area contributed by atoms with Gasteiger partial charge in [0.15, 0.2) is 5.76 Å². The molecule has 5 heteroatoms. The van der Waals surface area contributed by atoms with Gasteiger partial charge in [0.2, 0.25) is 5.76 Å². The maximum absolute atomic E-state index is 9.54. The highest BCUT2D eigenvalue weighted by Gasteiger charge is 2.20. The zero-order valence-electron chi connectivity index (χ0n) is 9.84. The van der Waals surface area contributed by atoms with Crippen LogP contribution in [0.15, 0.2) is 51.6 Å². The smallest absolute Gasteiger partial charge is 0.208 e. The van der Waals surface area contributed by atoms with Gasteiger partial charge in [-0.15, -0.1) is 0 Å². The minimum atomic E-state index is -0.193. The molecule has 96 valence electrons. The van der Waals surface area contributed by atoms with Crippen LogP contribution in [0.3, 0.4) is 0 Å². The average Bonchev–Trinajstić information content (AvgIpc) is 3.07. The number of halogens is 1. The number of aliphatic hydroxyl groups excluding tert-OH is 1. The van der Waals surface area contributed by atoms with Crippen molar-refractivity contribution in [3.05, 3.63) is 53.2 Å². The molecule has 0 unspecified atom stereocenters. The second kappa shape index (κ2) is 4.91. The van der Waals surface area contributed by atoms with Gasteiger partial charge in [-0.1, -0.05) is 28.9 Å². The van der Waals surface area contributed by atoms with Gasteiger partial charge in [0.25, 0.3) is 0 Å². The van der Waals surface area contributed by atoms with E-state index in [4.69, 9.17) is 20.5 Å². The van der Waals surface area contributed by atoms with Crippen molar-refractivity contribution in [2.24, 2.45) is 0 Å². The molecular formula is C14H10ClNO3. The number of nitrogens with zero attached hydrogens (tertiary/aromatic N) is 1. The number of benzene rings is 1. The molecule has 1 aromatic carbocycles. The van der Waals surface area contributed by atoms with Crippen LogP contribution in [0.5, 0.6) is 0 Å². The molecule has 0 aliphatic heterocycles. The first-order chi connectivity index (χ1) is 9.29. The monoisotopic (exact) mass is 275 g/mol. The molecule has 3 aromatic rings. The van der Waals surface area contributed by atoms with Gasteiger partial charge in [0.1, 0.15) is 5.69 Å². The topological polar surface area (TPSA) is 59.4 Å². The van der Waals surface area contributed by atoms with E-state index in [1.165, 1.54) is 6.26 Å². The van der Waals surface area contributed by atoms with Crippen molar-refractivity contribution < 1.29 is 14.0 Å². The molecule has 0 spiro atoms. The molecule has 0 aliphatic rings. The third-order valence-electron chi connectivity index (χ3n) is 2.79. The predicted molar refractivity (Wildman–Crippen MR) is 70.6 cm³/mol. The van der Waals surface area contributed by atoms with Crippen LogP contribution in [0, 0.1) is 0 Å². The Bertz CT molecular complexity index is 689. The first kappa shape index (κ1) is 12.0. The van der Waals surface area contributed by atoms with Crippen LogP contribution in [-0.4, -0.2) is 10.3 Å². The van der Waals surface area contributed by atoms with Crippen LogP contribution in [0.25, 0.3) is 22.8 Å². The zero-order valence-corrected chi connectivity index (χ0v) is 10.6. The first-order valence-corrected chi connectivity index (χ1v) is 6.06. The fraction of sp³-hybridized carbons (Fsp3) is 0.0714. The summed E-state index contributed by atoms with van der Waals surface area (Å²) in [7, 11) is 0. The van der Waals surface area contributed by atoms with E-state index in [0.717, 1.165) is 5.56 Å². The molecule has 0 bridgehead atoms. The Morgan fingerprint density at radius 2 is 2.11 bits per heavy atom. The Morgan fingerprint density at radius 1 is 1.21 bits per heavy atom. The molecule has 0 saturated carbocycles. The van der Waals surface area contributed by atoms with Crippen LogP contribution < -0.4 is 0 Å². The highest BCUT2D eigenvalue weighted by atomic mass is 35.5. The van der Waals surface area contributed by atoms with E-state index in [2.05, 4.69) is 5.16 Å². The fourth-order valence-electron chi connectivity index (χ4n) is 1.92. The summed E-state index contributed by atoms with van der Waals surface area (Å²) in [6.45, 7) is -0.193. The standard InChI is InChI=1S/C14H10ClNO3/c15-10-4-1-3-9(7-10)13-11(8-17)14(19-16-13)12-5-2-6-18-12/h1-7,17H,8H2. The van der Waals surface area contributed by atoms with E-state index in [1.807, 2.05) is 12.1 Å². The number of aliphatic hydroxyl groups is 1. The van der Waals surface area contributed by atoms with E-state index < -0.39 is 0 Å². The number of rotatable bonds is 3. The quantitative estimate of drug-likeness (QED) is 0.791. The van der Waals surface area contributed by atoms with Crippen LogP contribution in [-0.2, 0) is 6.61 Å². The molecule has 2 aromatic heterocycles. The molecule has 4 nitrogen and oxygen atoms in total. The highest BCUT2D eigenvalue weighted by molar-refractivity contribution is 6.30. The molecule has 0 saturated heterocycles. The summed E-state index contributed by atoms with van der Waals surface area (Å²) in [4.78, 5) is 0. The van der Waals surface area contributed by atoms with Crippen molar-refractivity contribution in [2.75, 3.05) is 0 Å². The Balaban J connectivity index is 2.13. The maximum atomic E-state index is 9.54. The molecule has 19 heavy (non-hydrogen) atoms.